The minimum atomic E-state index is -1.00. The van der Waals surface area contributed by atoms with Crippen molar-refractivity contribution < 1.29 is 23.9 Å². The summed E-state index contributed by atoms with van der Waals surface area (Å²) in [4.78, 5) is 52.4. The van der Waals surface area contributed by atoms with Gasteiger partial charge in [0.25, 0.3) is 0 Å². The molecule has 1 aromatic carbocycles. The van der Waals surface area contributed by atoms with Gasteiger partial charge < -0.3 is 20.7 Å². The molecule has 0 aliphatic carbocycles. The molecule has 1 aliphatic rings. The van der Waals surface area contributed by atoms with E-state index in [0.29, 0.717) is 25.7 Å². The molecular weight excluding hydrogens is 482 g/mol. The van der Waals surface area contributed by atoms with E-state index in [9.17, 15) is 19.2 Å². The van der Waals surface area contributed by atoms with Gasteiger partial charge in [0.05, 0.1) is 6.61 Å². The summed E-state index contributed by atoms with van der Waals surface area (Å²) in [6.45, 7) is 5.82. The first-order chi connectivity index (χ1) is 18.2. The van der Waals surface area contributed by atoms with Crippen molar-refractivity contribution in [2.24, 2.45) is 17.8 Å². The Balaban J connectivity index is 2.35. The Bertz CT molecular complexity index is 931. The molecule has 0 bridgehead atoms. The predicted octanol–water partition coefficient (Wildman–Crippen LogP) is 3.70. The summed E-state index contributed by atoms with van der Waals surface area (Å²) in [7, 11) is 1.56. The average Bonchev–Trinajstić information content (AvgIpc) is 2.89. The van der Waals surface area contributed by atoms with Crippen LogP contribution in [-0.2, 0) is 30.3 Å². The Hall–Kier alpha value is -3.16. The summed E-state index contributed by atoms with van der Waals surface area (Å²) < 4.78 is 5.23. The van der Waals surface area contributed by atoms with Gasteiger partial charge in [-0.2, -0.15) is 0 Å². The van der Waals surface area contributed by atoms with E-state index in [2.05, 4.69) is 16.0 Å². The van der Waals surface area contributed by atoms with Crippen LogP contribution in [0.25, 0.3) is 0 Å². The lowest BCUT2D eigenvalue weighted by Gasteiger charge is -2.27. The topological polar surface area (TPSA) is 114 Å². The van der Waals surface area contributed by atoms with Crippen LogP contribution in [0.4, 0.5) is 0 Å². The number of carbonyl (C=O) groups is 4. The van der Waals surface area contributed by atoms with Crippen molar-refractivity contribution in [1.29, 1.82) is 0 Å². The van der Waals surface area contributed by atoms with Gasteiger partial charge in [0.2, 0.25) is 17.7 Å². The van der Waals surface area contributed by atoms with Crippen LogP contribution in [0.15, 0.2) is 42.5 Å². The molecule has 1 heterocycles. The molecule has 2 rings (SSSR count). The molecule has 8 nitrogen and oxygen atoms in total. The molecule has 0 saturated carbocycles. The van der Waals surface area contributed by atoms with E-state index >= 15 is 0 Å². The molecule has 4 atom stereocenters. The zero-order valence-electron chi connectivity index (χ0n) is 23.3. The van der Waals surface area contributed by atoms with Gasteiger partial charge in [-0.1, -0.05) is 62.8 Å². The average molecular weight is 528 g/mol. The highest BCUT2D eigenvalue weighted by Gasteiger charge is 2.32. The van der Waals surface area contributed by atoms with E-state index in [1.807, 2.05) is 56.3 Å². The van der Waals surface area contributed by atoms with Gasteiger partial charge >= 0.3 is 5.97 Å². The fourth-order valence-corrected chi connectivity index (χ4v) is 4.78. The number of ether oxygens (including phenoxy) is 1. The highest BCUT2D eigenvalue weighted by Crippen LogP contribution is 2.20. The fraction of sp³-hybridized carbons (Fsp3) is 0.600. The highest BCUT2D eigenvalue weighted by atomic mass is 16.5. The molecular formula is C30H45N3O5. The number of hydrogen-bond donors (Lipinski definition) is 3. The molecule has 38 heavy (non-hydrogen) atoms. The summed E-state index contributed by atoms with van der Waals surface area (Å²) in [5, 5.41) is 8.45. The number of carbonyl (C=O) groups excluding carboxylic acids is 4. The van der Waals surface area contributed by atoms with Gasteiger partial charge in [-0.15, -0.1) is 0 Å². The SMILES string of the molecule is CCOC(=O)C1CC(C(=O)NC)C/C=C\CCCCC(Cc2ccccc2)C(=O)N[C@@H](CC(C)C)C(=O)N1. The Morgan fingerprint density at radius 3 is 2.45 bits per heavy atom. The zero-order valence-corrected chi connectivity index (χ0v) is 23.3. The largest absolute Gasteiger partial charge is 0.464 e. The predicted molar refractivity (Wildman–Crippen MR) is 148 cm³/mol. The van der Waals surface area contributed by atoms with Crippen molar-refractivity contribution >= 4 is 23.7 Å². The molecule has 1 aromatic rings. The lowest BCUT2D eigenvalue weighted by Crippen LogP contribution is -2.54. The van der Waals surface area contributed by atoms with Crippen molar-refractivity contribution in [2.75, 3.05) is 13.7 Å². The molecule has 3 N–H and O–H groups in total. The van der Waals surface area contributed by atoms with Crippen LogP contribution >= 0.6 is 0 Å². The molecule has 3 amide bonds. The summed E-state index contributed by atoms with van der Waals surface area (Å²) in [5.74, 6) is -2.03. The Kier molecular flexibility index (Phi) is 13.6. The van der Waals surface area contributed by atoms with Crippen molar-refractivity contribution in [1.82, 2.24) is 16.0 Å². The molecule has 0 fully saturated rings. The van der Waals surface area contributed by atoms with E-state index in [4.69, 9.17) is 4.74 Å². The van der Waals surface area contributed by atoms with Crippen LogP contribution in [0.3, 0.4) is 0 Å². The minimum Gasteiger partial charge on any atom is -0.464 e. The second-order valence-corrected chi connectivity index (χ2v) is 10.4. The van der Waals surface area contributed by atoms with E-state index in [0.717, 1.165) is 24.8 Å². The second kappa shape index (κ2) is 16.6. The maximum atomic E-state index is 13.5. The third-order valence-electron chi connectivity index (χ3n) is 6.82. The van der Waals surface area contributed by atoms with E-state index < -0.39 is 29.9 Å². The maximum Gasteiger partial charge on any atom is 0.328 e. The monoisotopic (exact) mass is 527 g/mol. The molecule has 3 unspecified atom stereocenters. The zero-order chi connectivity index (χ0) is 27.9. The molecule has 0 saturated heterocycles. The van der Waals surface area contributed by atoms with Gasteiger partial charge in [-0.3, -0.25) is 14.4 Å². The van der Waals surface area contributed by atoms with Gasteiger partial charge in [0.1, 0.15) is 12.1 Å². The third kappa shape index (κ3) is 10.7. The van der Waals surface area contributed by atoms with Crippen LogP contribution in [0.5, 0.6) is 0 Å². The van der Waals surface area contributed by atoms with Crippen molar-refractivity contribution in [3.05, 3.63) is 48.0 Å². The second-order valence-electron chi connectivity index (χ2n) is 10.4. The van der Waals surface area contributed by atoms with Crippen molar-refractivity contribution in [3.63, 3.8) is 0 Å². The van der Waals surface area contributed by atoms with E-state index in [-0.39, 0.29) is 36.7 Å². The molecule has 8 heteroatoms. The third-order valence-corrected chi connectivity index (χ3v) is 6.82. The number of esters is 1. The summed E-state index contributed by atoms with van der Waals surface area (Å²) in [5.41, 5.74) is 1.08. The molecule has 0 aromatic heterocycles. The minimum absolute atomic E-state index is 0.105. The van der Waals surface area contributed by atoms with Crippen LogP contribution in [0.1, 0.15) is 71.3 Å². The lowest BCUT2D eigenvalue weighted by atomic mass is 9.91. The van der Waals surface area contributed by atoms with Crippen LogP contribution < -0.4 is 16.0 Å². The number of amides is 3. The first-order valence-electron chi connectivity index (χ1n) is 13.9. The van der Waals surface area contributed by atoms with Gasteiger partial charge in [0.15, 0.2) is 0 Å². The van der Waals surface area contributed by atoms with Crippen LogP contribution in [0, 0.1) is 17.8 Å². The molecule has 0 radical (unpaired) electrons. The Morgan fingerprint density at radius 1 is 1.05 bits per heavy atom. The first-order valence-corrected chi connectivity index (χ1v) is 13.9. The fourth-order valence-electron chi connectivity index (χ4n) is 4.78. The van der Waals surface area contributed by atoms with Crippen LogP contribution in [-0.4, -0.2) is 49.4 Å². The quantitative estimate of drug-likeness (QED) is 0.370. The summed E-state index contributed by atoms with van der Waals surface area (Å²) in [6.07, 6.45) is 8.93. The maximum absolute atomic E-state index is 13.5. The smallest absolute Gasteiger partial charge is 0.328 e. The highest BCUT2D eigenvalue weighted by molar-refractivity contribution is 5.91. The number of rotatable bonds is 7. The van der Waals surface area contributed by atoms with Gasteiger partial charge in [-0.25, -0.2) is 4.79 Å². The summed E-state index contributed by atoms with van der Waals surface area (Å²) in [6, 6.07) is 8.10. The van der Waals surface area contributed by atoms with Crippen molar-refractivity contribution in [2.45, 2.75) is 84.2 Å². The van der Waals surface area contributed by atoms with Gasteiger partial charge in [-0.05, 0) is 63.4 Å². The molecule has 1 aliphatic heterocycles. The normalized spacial score (nSPS) is 24.7. The number of hydrogen-bond acceptors (Lipinski definition) is 5. The van der Waals surface area contributed by atoms with Crippen LogP contribution in [0.2, 0.25) is 0 Å². The number of allylic oxidation sites excluding steroid dienone is 2. The van der Waals surface area contributed by atoms with Crippen molar-refractivity contribution in [3.8, 4) is 0 Å². The number of benzene rings is 1. The number of nitrogens with one attached hydrogen (secondary N) is 3. The standard InChI is InChI=1S/C30H45N3O5/c1-5-38-30(37)26-20-24(27(34)31-4)17-13-8-6-7-12-16-23(19-22-14-10-9-11-15-22)28(35)32-25(18-21(2)3)29(36)33-26/h8-11,13-15,21,23-26H,5-7,12,16-20H2,1-4H3,(H,31,34)(H,32,35)(H,33,36)/b13-8-/t23?,24?,25-,26?/m0/s1. The molecule has 210 valence electrons. The molecule has 0 spiro atoms. The van der Waals surface area contributed by atoms with E-state index in [1.54, 1.807) is 14.0 Å². The summed E-state index contributed by atoms with van der Waals surface area (Å²) >= 11 is 0. The Labute approximate surface area is 227 Å². The van der Waals surface area contributed by atoms with E-state index in [1.165, 1.54) is 0 Å². The first kappa shape index (κ1) is 31.1. The van der Waals surface area contributed by atoms with Gasteiger partial charge in [0, 0.05) is 18.9 Å². The lowest BCUT2D eigenvalue weighted by molar-refractivity contribution is -0.148. The Morgan fingerprint density at radius 2 is 1.79 bits per heavy atom.